The lowest BCUT2D eigenvalue weighted by Crippen LogP contribution is -2.53. The number of amides is 3. The fourth-order valence-corrected chi connectivity index (χ4v) is 4.16. The molecule has 3 amide bonds. The smallest absolute Gasteiger partial charge is 0.317 e. The number of hydrogen-bond acceptors (Lipinski definition) is 3. The monoisotopic (exact) mass is 366 g/mol. The van der Waals surface area contributed by atoms with Crippen LogP contribution in [0.1, 0.15) is 19.8 Å². The summed E-state index contributed by atoms with van der Waals surface area (Å²) in [6.45, 7) is 5.06. The predicted octanol–water partition coefficient (Wildman–Crippen LogP) is 2.66. The highest BCUT2D eigenvalue weighted by atomic mass is 16.2. The molecule has 27 heavy (non-hydrogen) atoms. The zero-order valence-corrected chi connectivity index (χ0v) is 15.6. The molecule has 4 rings (SSSR count). The molecule has 0 saturated carbocycles. The summed E-state index contributed by atoms with van der Waals surface area (Å²) in [7, 11) is 0. The van der Waals surface area contributed by atoms with Gasteiger partial charge in [0.25, 0.3) is 0 Å². The number of urea groups is 1. The van der Waals surface area contributed by atoms with Gasteiger partial charge in [-0.15, -0.1) is 0 Å². The van der Waals surface area contributed by atoms with Crippen molar-refractivity contribution in [1.29, 1.82) is 0 Å². The number of nitrogens with zero attached hydrogens (tertiary/aromatic N) is 2. The third-order valence-electron chi connectivity index (χ3n) is 5.73. The first kappa shape index (κ1) is 17.8. The maximum absolute atomic E-state index is 12.9. The minimum Gasteiger partial charge on any atom is -0.336 e. The van der Waals surface area contributed by atoms with E-state index in [2.05, 4.69) is 15.5 Å². The summed E-state index contributed by atoms with van der Waals surface area (Å²) in [5.74, 6) is -0.00197. The number of carbonyl (C=O) groups is 2. The zero-order valence-electron chi connectivity index (χ0n) is 15.6. The van der Waals surface area contributed by atoms with Gasteiger partial charge in [-0.05, 0) is 37.8 Å². The van der Waals surface area contributed by atoms with Gasteiger partial charge in [0.2, 0.25) is 5.91 Å². The van der Waals surface area contributed by atoms with Crippen molar-refractivity contribution in [3.63, 3.8) is 0 Å². The maximum Gasteiger partial charge on any atom is 0.317 e. The van der Waals surface area contributed by atoms with Gasteiger partial charge in [0, 0.05) is 36.7 Å². The van der Waals surface area contributed by atoms with Gasteiger partial charge >= 0.3 is 6.03 Å². The molecule has 0 bridgehead atoms. The number of benzene rings is 2. The molecule has 6 nitrogen and oxygen atoms in total. The highest BCUT2D eigenvalue weighted by Crippen LogP contribution is 2.24. The van der Waals surface area contributed by atoms with Crippen molar-refractivity contribution in [2.75, 3.05) is 31.5 Å². The van der Waals surface area contributed by atoms with Crippen molar-refractivity contribution >= 4 is 28.4 Å². The van der Waals surface area contributed by atoms with Crippen molar-refractivity contribution in [2.45, 2.75) is 31.8 Å². The summed E-state index contributed by atoms with van der Waals surface area (Å²) in [6, 6.07) is 14.0. The quantitative estimate of drug-likeness (QED) is 0.874. The Morgan fingerprint density at radius 3 is 2.81 bits per heavy atom. The van der Waals surface area contributed by atoms with Crippen LogP contribution in [0.4, 0.5) is 10.5 Å². The largest absolute Gasteiger partial charge is 0.336 e. The summed E-state index contributed by atoms with van der Waals surface area (Å²) < 4.78 is 0. The van der Waals surface area contributed by atoms with Crippen LogP contribution in [0.15, 0.2) is 42.5 Å². The minimum absolute atomic E-state index is 0.00197. The van der Waals surface area contributed by atoms with Crippen molar-refractivity contribution in [3.05, 3.63) is 42.5 Å². The van der Waals surface area contributed by atoms with Gasteiger partial charge in [-0.2, -0.15) is 0 Å². The number of piperidine rings is 1. The number of nitrogens with one attached hydrogen (secondary N) is 2. The van der Waals surface area contributed by atoms with Crippen LogP contribution < -0.4 is 10.6 Å². The summed E-state index contributed by atoms with van der Waals surface area (Å²) in [5.41, 5.74) is 0.845. The number of carbonyl (C=O) groups excluding carboxylic acids is 2. The van der Waals surface area contributed by atoms with E-state index in [1.54, 1.807) is 0 Å². The fourth-order valence-electron chi connectivity index (χ4n) is 4.16. The first-order chi connectivity index (χ1) is 13.1. The third-order valence-corrected chi connectivity index (χ3v) is 5.73. The normalized spacial score (nSPS) is 21.9. The Bertz CT molecular complexity index is 848. The highest BCUT2D eigenvalue weighted by Gasteiger charge is 2.34. The average Bonchev–Trinajstić information content (AvgIpc) is 3.13. The van der Waals surface area contributed by atoms with Crippen LogP contribution in [0.25, 0.3) is 10.8 Å². The first-order valence-electron chi connectivity index (χ1n) is 9.70. The topological polar surface area (TPSA) is 64.7 Å². The second kappa shape index (κ2) is 7.56. The van der Waals surface area contributed by atoms with E-state index in [0.29, 0.717) is 6.54 Å². The Morgan fingerprint density at radius 2 is 2.00 bits per heavy atom. The Kier molecular flexibility index (Phi) is 4.99. The molecule has 2 aromatic carbocycles. The van der Waals surface area contributed by atoms with E-state index in [4.69, 9.17) is 0 Å². The lowest BCUT2D eigenvalue weighted by molar-refractivity contribution is -0.121. The lowest BCUT2D eigenvalue weighted by Gasteiger charge is -2.39. The van der Waals surface area contributed by atoms with E-state index in [1.807, 2.05) is 54.3 Å². The Labute approximate surface area is 159 Å². The van der Waals surface area contributed by atoms with Gasteiger partial charge in [-0.3, -0.25) is 9.69 Å². The molecular weight excluding hydrogens is 340 g/mol. The van der Waals surface area contributed by atoms with Crippen molar-refractivity contribution in [2.24, 2.45) is 0 Å². The van der Waals surface area contributed by atoms with Crippen molar-refractivity contribution in [1.82, 2.24) is 15.1 Å². The van der Waals surface area contributed by atoms with Crippen LogP contribution in [0.3, 0.4) is 0 Å². The minimum atomic E-state index is -0.238. The second-order valence-electron chi connectivity index (χ2n) is 7.41. The van der Waals surface area contributed by atoms with Gasteiger partial charge in [-0.25, -0.2) is 4.79 Å². The SMILES string of the molecule is C[C@H](C(=O)Nc1cccc2ccccc12)N1CCC[C@@H](N2CCNC2=O)C1. The van der Waals surface area contributed by atoms with Gasteiger partial charge in [0.15, 0.2) is 0 Å². The molecule has 2 N–H and O–H groups in total. The van der Waals surface area contributed by atoms with Crippen LogP contribution >= 0.6 is 0 Å². The standard InChI is InChI=1S/C21H26N4O2/c1-15(24-12-5-8-17(14-24)25-13-11-22-21(25)27)20(26)23-19-10-4-7-16-6-2-3-9-18(16)19/h2-4,6-7,9-10,15,17H,5,8,11-14H2,1H3,(H,22,27)(H,23,26)/t15-,17-/m1/s1. The third kappa shape index (κ3) is 3.62. The molecular formula is C21H26N4O2. The van der Waals surface area contributed by atoms with E-state index in [0.717, 1.165) is 48.9 Å². The number of rotatable bonds is 4. The number of hydrogen-bond donors (Lipinski definition) is 2. The Hall–Kier alpha value is -2.60. The molecule has 2 aromatic rings. The first-order valence-corrected chi connectivity index (χ1v) is 9.70. The summed E-state index contributed by atoms with van der Waals surface area (Å²) in [5, 5.41) is 8.13. The van der Waals surface area contributed by atoms with Crippen LogP contribution in [0.5, 0.6) is 0 Å². The summed E-state index contributed by atoms with van der Waals surface area (Å²) in [6.07, 6.45) is 2.00. The molecule has 0 spiro atoms. The molecule has 2 atom stereocenters. The molecule has 0 aliphatic carbocycles. The van der Waals surface area contributed by atoms with Gasteiger partial charge < -0.3 is 15.5 Å². The van der Waals surface area contributed by atoms with Crippen LogP contribution in [-0.4, -0.2) is 60.0 Å². The number of anilines is 1. The average molecular weight is 366 g/mol. The van der Waals surface area contributed by atoms with E-state index in [1.165, 1.54) is 0 Å². The molecule has 0 aromatic heterocycles. The molecule has 2 aliphatic rings. The van der Waals surface area contributed by atoms with E-state index in [-0.39, 0.29) is 24.0 Å². The van der Waals surface area contributed by atoms with E-state index < -0.39 is 0 Å². The summed E-state index contributed by atoms with van der Waals surface area (Å²) in [4.78, 5) is 29.0. The Balaban J connectivity index is 1.44. The fraction of sp³-hybridized carbons (Fsp3) is 0.429. The molecule has 0 radical (unpaired) electrons. The van der Waals surface area contributed by atoms with E-state index >= 15 is 0 Å². The molecule has 2 heterocycles. The van der Waals surface area contributed by atoms with Crippen LogP contribution in [0, 0.1) is 0 Å². The van der Waals surface area contributed by atoms with Gasteiger partial charge in [-0.1, -0.05) is 36.4 Å². The number of likely N-dealkylation sites (tertiary alicyclic amines) is 1. The number of fused-ring (bicyclic) bond motifs is 1. The molecule has 2 aliphatic heterocycles. The molecule has 0 unspecified atom stereocenters. The highest BCUT2D eigenvalue weighted by molar-refractivity contribution is 6.03. The maximum atomic E-state index is 12.9. The van der Waals surface area contributed by atoms with Gasteiger partial charge in [0.1, 0.15) is 0 Å². The molecule has 142 valence electrons. The lowest BCUT2D eigenvalue weighted by atomic mass is 10.0. The molecule has 6 heteroatoms. The van der Waals surface area contributed by atoms with Gasteiger partial charge in [0.05, 0.1) is 6.04 Å². The van der Waals surface area contributed by atoms with Crippen LogP contribution in [0.2, 0.25) is 0 Å². The summed E-state index contributed by atoms with van der Waals surface area (Å²) >= 11 is 0. The second-order valence-corrected chi connectivity index (χ2v) is 7.41. The Morgan fingerprint density at radius 1 is 1.19 bits per heavy atom. The van der Waals surface area contributed by atoms with Crippen molar-refractivity contribution in [3.8, 4) is 0 Å². The molecule has 2 saturated heterocycles. The predicted molar refractivity (Wildman–Crippen MR) is 107 cm³/mol. The zero-order chi connectivity index (χ0) is 18.8. The van der Waals surface area contributed by atoms with E-state index in [9.17, 15) is 9.59 Å². The molecule has 2 fully saturated rings. The van der Waals surface area contributed by atoms with Crippen LogP contribution in [-0.2, 0) is 4.79 Å². The van der Waals surface area contributed by atoms with Crippen molar-refractivity contribution < 1.29 is 9.59 Å².